The third-order valence-electron chi connectivity index (χ3n) is 2.68. The first kappa shape index (κ1) is 13.7. The first-order valence-electron chi connectivity index (χ1n) is 6.34. The Bertz CT molecular complexity index is 494. The molecule has 0 amide bonds. The molecule has 2 heterocycles. The summed E-state index contributed by atoms with van der Waals surface area (Å²) in [6.07, 6.45) is 4.43. The predicted octanol–water partition coefficient (Wildman–Crippen LogP) is 0.613. The number of nitrogens with one attached hydrogen (secondary N) is 1. The highest BCUT2D eigenvalue weighted by molar-refractivity contribution is 4.95. The summed E-state index contributed by atoms with van der Waals surface area (Å²) in [4.78, 5) is 4.31. The number of hydrogen-bond donors (Lipinski definition) is 1. The largest absolute Gasteiger partial charge is 0.423 e. The summed E-state index contributed by atoms with van der Waals surface area (Å²) in [5, 5.41) is 11.2. The topological polar surface area (TPSA) is 78.0 Å². The van der Waals surface area contributed by atoms with Crippen molar-refractivity contribution in [3.8, 4) is 0 Å². The molecule has 104 valence electrons. The molecule has 2 aromatic heterocycles. The van der Waals surface area contributed by atoms with Gasteiger partial charge >= 0.3 is 0 Å². The predicted molar refractivity (Wildman–Crippen MR) is 68.6 cm³/mol. The number of nitrogens with zero attached hydrogens (tertiary/aromatic N) is 4. The van der Waals surface area contributed by atoms with Crippen LogP contribution in [0.2, 0.25) is 0 Å². The van der Waals surface area contributed by atoms with Crippen LogP contribution in [-0.2, 0) is 24.2 Å². The maximum absolute atomic E-state index is 5.49. The molecule has 0 aliphatic carbocycles. The molecule has 0 saturated carbocycles. The van der Waals surface area contributed by atoms with Gasteiger partial charge in [0.2, 0.25) is 11.8 Å². The molecule has 0 saturated heterocycles. The lowest BCUT2D eigenvalue weighted by molar-refractivity contribution is 0.199. The SMILES string of the molecule is CCc1nnc(Cn2ccnc2CNCCOC)o1. The molecule has 2 aromatic rings. The van der Waals surface area contributed by atoms with Crippen molar-refractivity contribution < 1.29 is 9.15 Å². The highest BCUT2D eigenvalue weighted by Crippen LogP contribution is 2.05. The highest BCUT2D eigenvalue weighted by Gasteiger charge is 2.08. The Hall–Kier alpha value is -1.73. The van der Waals surface area contributed by atoms with E-state index in [1.165, 1.54) is 0 Å². The van der Waals surface area contributed by atoms with Crippen LogP contribution in [0.1, 0.15) is 24.5 Å². The van der Waals surface area contributed by atoms with E-state index in [1.807, 2.05) is 17.7 Å². The van der Waals surface area contributed by atoms with Crippen molar-refractivity contribution in [3.63, 3.8) is 0 Å². The number of aromatic nitrogens is 4. The minimum Gasteiger partial charge on any atom is -0.423 e. The summed E-state index contributed by atoms with van der Waals surface area (Å²) in [6, 6.07) is 0. The molecule has 7 heteroatoms. The first-order valence-corrected chi connectivity index (χ1v) is 6.34. The Morgan fingerprint density at radius 1 is 1.37 bits per heavy atom. The number of aryl methyl sites for hydroxylation is 1. The average Bonchev–Trinajstić information content (AvgIpc) is 3.05. The molecule has 0 bridgehead atoms. The molecule has 2 rings (SSSR count). The van der Waals surface area contributed by atoms with E-state index < -0.39 is 0 Å². The molecule has 1 N–H and O–H groups in total. The molecule has 0 unspecified atom stereocenters. The molecule has 0 aromatic carbocycles. The van der Waals surface area contributed by atoms with Crippen molar-refractivity contribution in [3.05, 3.63) is 30.0 Å². The molecule has 0 aliphatic rings. The second kappa shape index (κ2) is 7.01. The lowest BCUT2D eigenvalue weighted by atomic mass is 10.5. The third-order valence-corrected chi connectivity index (χ3v) is 2.68. The molecular weight excluding hydrogens is 246 g/mol. The minimum atomic E-state index is 0.550. The molecule has 19 heavy (non-hydrogen) atoms. The van der Waals surface area contributed by atoms with Crippen LogP contribution in [0.15, 0.2) is 16.8 Å². The summed E-state index contributed by atoms with van der Waals surface area (Å²) < 4.78 is 12.5. The molecule has 0 spiro atoms. The van der Waals surface area contributed by atoms with Gasteiger partial charge in [-0.2, -0.15) is 0 Å². The van der Waals surface area contributed by atoms with Gasteiger partial charge < -0.3 is 19.0 Å². The van der Waals surface area contributed by atoms with Gasteiger partial charge in [-0.05, 0) is 0 Å². The van der Waals surface area contributed by atoms with Gasteiger partial charge in [-0.3, -0.25) is 0 Å². The number of ether oxygens (including phenoxy) is 1. The van der Waals surface area contributed by atoms with Crippen molar-refractivity contribution in [2.24, 2.45) is 0 Å². The summed E-state index contributed by atoms with van der Waals surface area (Å²) >= 11 is 0. The summed E-state index contributed by atoms with van der Waals surface area (Å²) in [7, 11) is 1.68. The second-order valence-electron chi connectivity index (χ2n) is 4.08. The smallest absolute Gasteiger partial charge is 0.236 e. The van der Waals surface area contributed by atoms with Gasteiger partial charge in [0.15, 0.2) is 0 Å². The van der Waals surface area contributed by atoms with Crippen LogP contribution in [0.3, 0.4) is 0 Å². The van der Waals surface area contributed by atoms with Crippen molar-refractivity contribution in [1.29, 1.82) is 0 Å². The number of imidazole rings is 1. The Labute approximate surface area is 112 Å². The van der Waals surface area contributed by atoms with Crippen molar-refractivity contribution in [2.45, 2.75) is 26.4 Å². The van der Waals surface area contributed by atoms with Crippen LogP contribution >= 0.6 is 0 Å². The summed E-state index contributed by atoms with van der Waals surface area (Å²) in [5.74, 6) is 2.20. The van der Waals surface area contributed by atoms with Crippen LogP contribution in [0.25, 0.3) is 0 Å². The standard InChI is InChI=1S/C12H19N5O2/c1-3-11-15-16-12(19-11)9-17-6-4-14-10(17)8-13-5-7-18-2/h4,6,13H,3,5,7-9H2,1-2H3. The monoisotopic (exact) mass is 265 g/mol. The zero-order valence-electron chi connectivity index (χ0n) is 11.3. The van der Waals surface area contributed by atoms with E-state index in [2.05, 4.69) is 20.5 Å². The fourth-order valence-electron chi connectivity index (χ4n) is 1.67. The molecule has 0 aliphatic heterocycles. The van der Waals surface area contributed by atoms with Gasteiger partial charge in [-0.1, -0.05) is 6.92 Å². The van der Waals surface area contributed by atoms with E-state index in [0.29, 0.717) is 31.5 Å². The van der Waals surface area contributed by atoms with E-state index in [4.69, 9.17) is 9.15 Å². The van der Waals surface area contributed by atoms with Gasteiger partial charge in [0.05, 0.1) is 13.2 Å². The van der Waals surface area contributed by atoms with E-state index in [-0.39, 0.29) is 0 Å². The van der Waals surface area contributed by atoms with E-state index in [1.54, 1.807) is 13.3 Å². The van der Waals surface area contributed by atoms with Gasteiger partial charge in [-0.15, -0.1) is 10.2 Å². The molecule has 0 fully saturated rings. The Morgan fingerprint density at radius 3 is 2.95 bits per heavy atom. The fourth-order valence-corrected chi connectivity index (χ4v) is 1.67. The Kier molecular flexibility index (Phi) is 5.05. The first-order chi connectivity index (χ1) is 9.33. The van der Waals surface area contributed by atoms with Crippen LogP contribution < -0.4 is 5.32 Å². The van der Waals surface area contributed by atoms with Crippen LogP contribution in [-0.4, -0.2) is 40.0 Å². The quantitative estimate of drug-likeness (QED) is 0.705. The van der Waals surface area contributed by atoms with Gasteiger partial charge in [0, 0.05) is 32.5 Å². The van der Waals surface area contributed by atoms with E-state index in [9.17, 15) is 0 Å². The maximum atomic E-state index is 5.49. The van der Waals surface area contributed by atoms with Crippen LogP contribution in [0, 0.1) is 0 Å². The van der Waals surface area contributed by atoms with E-state index in [0.717, 1.165) is 18.8 Å². The molecule has 0 atom stereocenters. The van der Waals surface area contributed by atoms with Crippen molar-refractivity contribution >= 4 is 0 Å². The molecule has 0 radical (unpaired) electrons. The Balaban J connectivity index is 1.91. The summed E-state index contributed by atoms with van der Waals surface area (Å²) in [6.45, 7) is 4.70. The minimum absolute atomic E-state index is 0.550. The number of hydrogen-bond acceptors (Lipinski definition) is 6. The zero-order chi connectivity index (χ0) is 13.5. The third kappa shape index (κ3) is 3.87. The van der Waals surface area contributed by atoms with Gasteiger partial charge in [0.25, 0.3) is 0 Å². The highest BCUT2D eigenvalue weighted by atomic mass is 16.5. The van der Waals surface area contributed by atoms with E-state index >= 15 is 0 Å². The number of rotatable bonds is 8. The maximum Gasteiger partial charge on any atom is 0.236 e. The Morgan fingerprint density at radius 2 is 2.21 bits per heavy atom. The molecule has 7 nitrogen and oxygen atoms in total. The molecular formula is C12H19N5O2. The lowest BCUT2D eigenvalue weighted by Gasteiger charge is -2.06. The van der Waals surface area contributed by atoms with Gasteiger partial charge in [0.1, 0.15) is 12.4 Å². The van der Waals surface area contributed by atoms with Gasteiger partial charge in [-0.25, -0.2) is 4.98 Å². The second-order valence-corrected chi connectivity index (χ2v) is 4.08. The number of methoxy groups -OCH3 is 1. The average molecular weight is 265 g/mol. The fraction of sp³-hybridized carbons (Fsp3) is 0.583. The normalized spacial score (nSPS) is 11.1. The van der Waals surface area contributed by atoms with Crippen molar-refractivity contribution in [2.75, 3.05) is 20.3 Å². The lowest BCUT2D eigenvalue weighted by Crippen LogP contribution is -2.21. The summed E-state index contributed by atoms with van der Waals surface area (Å²) in [5.41, 5.74) is 0. The van der Waals surface area contributed by atoms with Crippen LogP contribution in [0.5, 0.6) is 0 Å². The zero-order valence-corrected chi connectivity index (χ0v) is 11.3. The van der Waals surface area contributed by atoms with Crippen LogP contribution in [0.4, 0.5) is 0 Å². The van der Waals surface area contributed by atoms with Crippen molar-refractivity contribution in [1.82, 2.24) is 25.1 Å².